The molecule has 0 amide bonds. The van der Waals surface area contributed by atoms with Gasteiger partial charge < -0.3 is 4.57 Å². The molecule has 1 heteroatoms. The minimum absolute atomic E-state index is 0.211. The van der Waals surface area contributed by atoms with Crippen molar-refractivity contribution < 1.29 is 0 Å². The maximum Gasteiger partial charge on any atom is 0.0619 e. The first-order valence-corrected chi connectivity index (χ1v) is 12.6. The molecule has 0 aliphatic heterocycles. The first-order chi connectivity index (χ1) is 17.9. The molecule has 0 spiro atoms. The Hall–Kier alpha value is -4.62. The van der Waals surface area contributed by atoms with Gasteiger partial charge in [-0.2, -0.15) is 0 Å². The van der Waals surface area contributed by atoms with Gasteiger partial charge in [0.15, 0.2) is 0 Å². The van der Waals surface area contributed by atoms with Crippen molar-refractivity contribution in [2.75, 3.05) is 0 Å². The van der Waals surface area contributed by atoms with Crippen LogP contribution in [0.4, 0.5) is 0 Å². The number of rotatable bonds is 2. The molecule has 8 rings (SSSR count). The number of hydrogen-bond donors (Lipinski definition) is 0. The lowest BCUT2D eigenvalue weighted by Crippen LogP contribution is -2.00. The Morgan fingerprint density at radius 3 is 2.08 bits per heavy atom. The molecule has 0 radical (unpaired) electrons. The number of fused-ring (bicyclic) bond motifs is 9. The van der Waals surface area contributed by atoms with Crippen LogP contribution in [0.25, 0.3) is 49.4 Å². The summed E-state index contributed by atoms with van der Waals surface area (Å²) in [6.07, 6.45) is 0. The highest BCUT2D eigenvalue weighted by Gasteiger charge is 2.33. The lowest BCUT2D eigenvalue weighted by molar-refractivity contribution is 1.03. The highest BCUT2D eigenvalue weighted by molar-refractivity contribution is 6.21. The topological polar surface area (TPSA) is 4.93 Å². The van der Waals surface area contributed by atoms with E-state index in [1.807, 2.05) is 0 Å². The molecule has 168 valence electrons. The summed E-state index contributed by atoms with van der Waals surface area (Å²) in [7, 11) is 0. The van der Waals surface area contributed by atoms with Gasteiger partial charge in [-0.3, -0.25) is 0 Å². The average Bonchev–Trinajstić information content (AvgIpc) is 3.47. The molecule has 0 N–H and O–H groups in total. The number of benzene rings is 6. The molecule has 0 saturated carbocycles. The Balaban J connectivity index is 1.60. The van der Waals surface area contributed by atoms with Gasteiger partial charge in [0, 0.05) is 27.8 Å². The number of nitrogens with zero attached hydrogens (tertiary/aromatic N) is 1. The summed E-state index contributed by atoms with van der Waals surface area (Å²) in [5, 5.41) is 5.24. The normalized spacial score (nSPS) is 14.4. The summed E-state index contributed by atoms with van der Waals surface area (Å²) >= 11 is 0. The van der Waals surface area contributed by atoms with E-state index in [0.29, 0.717) is 0 Å². The third-order valence-corrected chi connectivity index (χ3v) is 7.86. The highest BCUT2D eigenvalue weighted by atomic mass is 15.0. The van der Waals surface area contributed by atoms with Gasteiger partial charge in [-0.25, -0.2) is 0 Å². The van der Waals surface area contributed by atoms with Crippen LogP contribution in [0.15, 0.2) is 133 Å². The second kappa shape index (κ2) is 7.44. The third-order valence-electron chi connectivity index (χ3n) is 7.86. The van der Waals surface area contributed by atoms with Gasteiger partial charge in [-0.15, -0.1) is 0 Å². The fraction of sp³-hybridized carbons (Fsp3) is 0.0286. The SMILES string of the molecule is c1ccc(C2c3ccccc3-c3ccc4c(c32)c2ccc3ccccc3c2n4-c2ccccc2)cc1. The lowest BCUT2D eigenvalue weighted by atomic mass is 9.87. The quantitative estimate of drug-likeness (QED) is 0.244. The van der Waals surface area contributed by atoms with Crippen LogP contribution in [-0.2, 0) is 0 Å². The van der Waals surface area contributed by atoms with Crippen LogP contribution in [0.1, 0.15) is 22.6 Å². The molecule has 1 aliphatic rings. The minimum atomic E-state index is 0.211. The predicted molar refractivity (Wildman–Crippen MR) is 151 cm³/mol. The average molecular weight is 458 g/mol. The maximum atomic E-state index is 2.47. The van der Waals surface area contributed by atoms with E-state index in [-0.39, 0.29) is 5.92 Å². The molecule has 0 bridgehead atoms. The van der Waals surface area contributed by atoms with Gasteiger partial charge in [0.2, 0.25) is 0 Å². The van der Waals surface area contributed by atoms with Crippen molar-refractivity contribution >= 4 is 32.6 Å². The molecule has 1 unspecified atom stereocenters. The number of hydrogen-bond acceptors (Lipinski definition) is 0. The molecule has 36 heavy (non-hydrogen) atoms. The van der Waals surface area contributed by atoms with E-state index in [0.717, 1.165) is 0 Å². The largest absolute Gasteiger partial charge is 0.309 e. The Morgan fingerprint density at radius 2 is 1.22 bits per heavy atom. The molecule has 0 saturated heterocycles. The fourth-order valence-electron chi connectivity index (χ4n) is 6.42. The van der Waals surface area contributed by atoms with Crippen molar-refractivity contribution in [3.63, 3.8) is 0 Å². The van der Waals surface area contributed by atoms with Crippen molar-refractivity contribution in [1.29, 1.82) is 0 Å². The minimum Gasteiger partial charge on any atom is -0.309 e. The zero-order valence-electron chi connectivity index (χ0n) is 19.7. The van der Waals surface area contributed by atoms with E-state index in [2.05, 4.69) is 138 Å². The van der Waals surface area contributed by atoms with Crippen LogP contribution in [0.3, 0.4) is 0 Å². The van der Waals surface area contributed by atoms with E-state index in [1.165, 1.54) is 66.1 Å². The molecular formula is C35H23N. The molecule has 1 heterocycles. The van der Waals surface area contributed by atoms with Crippen LogP contribution in [-0.4, -0.2) is 4.57 Å². The van der Waals surface area contributed by atoms with E-state index in [4.69, 9.17) is 0 Å². The Labute approximate surface area is 209 Å². The van der Waals surface area contributed by atoms with Gasteiger partial charge in [0.05, 0.1) is 11.0 Å². The van der Waals surface area contributed by atoms with Crippen molar-refractivity contribution in [2.24, 2.45) is 0 Å². The van der Waals surface area contributed by atoms with Crippen LogP contribution >= 0.6 is 0 Å². The number of para-hydroxylation sites is 1. The number of aromatic nitrogens is 1. The van der Waals surface area contributed by atoms with E-state index < -0.39 is 0 Å². The predicted octanol–water partition coefficient (Wildman–Crippen LogP) is 9.10. The summed E-state index contributed by atoms with van der Waals surface area (Å²) in [4.78, 5) is 0. The van der Waals surface area contributed by atoms with Crippen LogP contribution in [0.2, 0.25) is 0 Å². The van der Waals surface area contributed by atoms with Gasteiger partial charge in [-0.1, -0.05) is 115 Å². The Bertz CT molecular complexity index is 1930. The molecule has 1 aliphatic carbocycles. The second-order valence-corrected chi connectivity index (χ2v) is 9.71. The monoisotopic (exact) mass is 457 g/mol. The lowest BCUT2D eigenvalue weighted by Gasteiger charge is -2.16. The van der Waals surface area contributed by atoms with Crippen molar-refractivity contribution in [1.82, 2.24) is 4.57 Å². The summed E-state index contributed by atoms with van der Waals surface area (Å²) in [5.74, 6) is 0.211. The first kappa shape index (κ1) is 19.7. The Kier molecular flexibility index (Phi) is 4.06. The summed E-state index contributed by atoms with van der Waals surface area (Å²) in [5.41, 5.74) is 10.6. The van der Waals surface area contributed by atoms with Gasteiger partial charge in [-0.05, 0) is 51.4 Å². The third kappa shape index (κ3) is 2.60. The van der Waals surface area contributed by atoms with Crippen molar-refractivity contribution in [3.8, 4) is 16.8 Å². The molecular weight excluding hydrogens is 434 g/mol. The Morgan fingerprint density at radius 1 is 0.500 bits per heavy atom. The highest BCUT2D eigenvalue weighted by Crippen LogP contribution is 2.53. The zero-order valence-corrected chi connectivity index (χ0v) is 19.7. The van der Waals surface area contributed by atoms with Gasteiger partial charge in [0.25, 0.3) is 0 Å². The zero-order chi connectivity index (χ0) is 23.6. The standard InChI is InChI=1S/C35H23N/c1-3-12-24(13-4-1)32-28-18-10-9-17-27(28)29-21-22-31-33(34(29)32)30-20-19-23-11-7-8-16-26(23)35(30)36(31)25-14-5-2-6-15-25/h1-22,32H. The van der Waals surface area contributed by atoms with Crippen LogP contribution in [0, 0.1) is 0 Å². The van der Waals surface area contributed by atoms with E-state index >= 15 is 0 Å². The van der Waals surface area contributed by atoms with Crippen LogP contribution in [0.5, 0.6) is 0 Å². The maximum absolute atomic E-state index is 2.47. The van der Waals surface area contributed by atoms with Crippen LogP contribution < -0.4 is 0 Å². The summed E-state index contributed by atoms with van der Waals surface area (Å²) < 4.78 is 2.47. The molecule has 0 fully saturated rings. The molecule has 1 atom stereocenters. The van der Waals surface area contributed by atoms with Gasteiger partial charge in [0.1, 0.15) is 0 Å². The van der Waals surface area contributed by atoms with E-state index in [1.54, 1.807) is 0 Å². The first-order valence-electron chi connectivity index (χ1n) is 12.6. The molecule has 1 nitrogen and oxygen atoms in total. The second-order valence-electron chi connectivity index (χ2n) is 9.71. The van der Waals surface area contributed by atoms with Crippen molar-refractivity contribution in [3.05, 3.63) is 150 Å². The fourth-order valence-corrected chi connectivity index (χ4v) is 6.42. The smallest absolute Gasteiger partial charge is 0.0619 e. The molecule has 7 aromatic rings. The summed E-state index contributed by atoms with van der Waals surface area (Å²) in [6.45, 7) is 0. The molecule has 6 aromatic carbocycles. The summed E-state index contributed by atoms with van der Waals surface area (Å²) in [6, 6.07) is 48.8. The van der Waals surface area contributed by atoms with E-state index in [9.17, 15) is 0 Å². The molecule has 1 aromatic heterocycles. The van der Waals surface area contributed by atoms with Crippen molar-refractivity contribution in [2.45, 2.75) is 5.92 Å². The van der Waals surface area contributed by atoms with Gasteiger partial charge >= 0.3 is 0 Å².